The predicted molar refractivity (Wildman–Crippen MR) is 50.0 cm³/mol. The van der Waals surface area contributed by atoms with Gasteiger partial charge in [0.1, 0.15) is 6.26 Å². The normalized spacial score (nSPS) is 21.1. The van der Waals surface area contributed by atoms with E-state index < -0.39 is 0 Å². The van der Waals surface area contributed by atoms with Gasteiger partial charge in [0.15, 0.2) is 11.6 Å². The Balaban J connectivity index is 1.95. The molecule has 1 aliphatic rings. The van der Waals surface area contributed by atoms with Gasteiger partial charge in [0.25, 0.3) is 5.91 Å². The van der Waals surface area contributed by atoms with Gasteiger partial charge in [-0.1, -0.05) is 0 Å². The van der Waals surface area contributed by atoms with E-state index in [1.54, 1.807) is 6.92 Å². The molecule has 14 heavy (non-hydrogen) atoms. The smallest absolute Gasteiger partial charge is 0.273 e. The zero-order chi connectivity index (χ0) is 9.97. The highest BCUT2D eigenvalue weighted by molar-refractivity contribution is 5.92. The molecular formula is C9H13N3O2. The van der Waals surface area contributed by atoms with E-state index in [0.29, 0.717) is 11.6 Å². The third-order valence-corrected chi connectivity index (χ3v) is 2.25. The molecule has 1 aromatic heterocycles. The second-order valence-electron chi connectivity index (χ2n) is 3.41. The van der Waals surface area contributed by atoms with Crippen LogP contribution in [0.3, 0.4) is 0 Å². The van der Waals surface area contributed by atoms with Gasteiger partial charge in [-0.2, -0.15) is 0 Å². The Kier molecular flexibility index (Phi) is 2.49. The predicted octanol–water partition coefficient (Wildman–Crippen LogP) is 0.0747. The summed E-state index contributed by atoms with van der Waals surface area (Å²) in [6, 6.07) is 0.222. The summed E-state index contributed by atoms with van der Waals surface area (Å²) in [5.41, 5.74) is 0.356. The van der Waals surface area contributed by atoms with Crippen LogP contribution in [-0.2, 0) is 0 Å². The number of nitrogens with zero attached hydrogens (tertiary/aromatic N) is 1. The first-order chi connectivity index (χ1) is 6.75. The number of rotatable bonds is 2. The SMILES string of the molecule is Cc1nc(C(=O)N[C@H]2CCNC2)co1. The average Bonchev–Trinajstić information content (AvgIpc) is 2.75. The molecule has 0 bridgehead atoms. The highest BCUT2D eigenvalue weighted by atomic mass is 16.3. The van der Waals surface area contributed by atoms with Crippen LogP contribution < -0.4 is 10.6 Å². The van der Waals surface area contributed by atoms with E-state index in [2.05, 4.69) is 15.6 Å². The van der Waals surface area contributed by atoms with Gasteiger partial charge in [-0.15, -0.1) is 0 Å². The molecule has 0 saturated carbocycles. The van der Waals surface area contributed by atoms with Gasteiger partial charge in [-0.05, 0) is 13.0 Å². The van der Waals surface area contributed by atoms with E-state index in [-0.39, 0.29) is 11.9 Å². The van der Waals surface area contributed by atoms with Crippen LogP contribution in [-0.4, -0.2) is 30.0 Å². The van der Waals surface area contributed by atoms with E-state index in [4.69, 9.17) is 4.42 Å². The van der Waals surface area contributed by atoms with E-state index in [1.165, 1.54) is 6.26 Å². The van der Waals surface area contributed by atoms with Gasteiger partial charge in [0.2, 0.25) is 0 Å². The lowest BCUT2D eigenvalue weighted by atomic mass is 10.2. The Hall–Kier alpha value is -1.36. The van der Waals surface area contributed by atoms with Gasteiger partial charge < -0.3 is 15.1 Å². The quantitative estimate of drug-likeness (QED) is 0.701. The van der Waals surface area contributed by atoms with Gasteiger partial charge in [0, 0.05) is 19.5 Å². The molecule has 2 N–H and O–H groups in total. The van der Waals surface area contributed by atoms with Crippen LogP contribution in [0.2, 0.25) is 0 Å². The highest BCUT2D eigenvalue weighted by Crippen LogP contribution is 2.02. The third-order valence-electron chi connectivity index (χ3n) is 2.25. The van der Waals surface area contributed by atoms with Crippen LogP contribution in [0.25, 0.3) is 0 Å². The fourth-order valence-corrected chi connectivity index (χ4v) is 1.50. The lowest BCUT2D eigenvalue weighted by Crippen LogP contribution is -2.36. The minimum atomic E-state index is -0.157. The van der Waals surface area contributed by atoms with Crippen LogP contribution >= 0.6 is 0 Å². The van der Waals surface area contributed by atoms with Crippen molar-refractivity contribution >= 4 is 5.91 Å². The van der Waals surface area contributed by atoms with Crippen molar-refractivity contribution < 1.29 is 9.21 Å². The van der Waals surface area contributed by atoms with E-state index in [1.807, 2.05) is 0 Å². The summed E-state index contributed by atoms with van der Waals surface area (Å²) < 4.78 is 4.96. The number of carbonyl (C=O) groups is 1. The monoisotopic (exact) mass is 195 g/mol. The van der Waals surface area contributed by atoms with E-state index in [9.17, 15) is 4.79 Å². The Morgan fingerprint density at radius 3 is 3.21 bits per heavy atom. The highest BCUT2D eigenvalue weighted by Gasteiger charge is 2.19. The zero-order valence-corrected chi connectivity index (χ0v) is 8.04. The van der Waals surface area contributed by atoms with Crippen LogP contribution in [0.5, 0.6) is 0 Å². The average molecular weight is 195 g/mol. The minimum absolute atomic E-state index is 0.157. The second-order valence-corrected chi connectivity index (χ2v) is 3.41. The van der Waals surface area contributed by atoms with Crippen molar-refractivity contribution in [2.24, 2.45) is 0 Å². The molecule has 1 aliphatic heterocycles. The number of nitrogens with one attached hydrogen (secondary N) is 2. The summed E-state index contributed by atoms with van der Waals surface area (Å²) in [6.45, 7) is 3.51. The largest absolute Gasteiger partial charge is 0.448 e. The maximum absolute atomic E-state index is 11.6. The van der Waals surface area contributed by atoms with Gasteiger partial charge >= 0.3 is 0 Å². The number of aromatic nitrogens is 1. The summed E-state index contributed by atoms with van der Waals surface area (Å²) in [5, 5.41) is 6.06. The van der Waals surface area contributed by atoms with Gasteiger partial charge in [-0.25, -0.2) is 4.98 Å². The Labute approximate surface area is 81.9 Å². The first-order valence-electron chi connectivity index (χ1n) is 4.69. The first-order valence-corrected chi connectivity index (χ1v) is 4.69. The Morgan fingerprint density at radius 1 is 1.79 bits per heavy atom. The fraction of sp³-hybridized carbons (Fsp3) is 0.556. The number of carbonyl (C=O) groups excluding carboxylic acids is 1. The number of hydrogen-bond acceptors (Lipinski definition) is 4. The molecule has 2 rings (SSSR count). The molecule has 5 heteroatoms. The third kappa shape index (κ3) is 1.93. The van der Waals surface area contributed by atoms with Crippen molar-refractivity contribution in [3.63, 3.8) is 0 Å². The first kappa shape index (κ1) is 9.21. The maximum atomic E-state index is 11.6. The van der Waals surface area contributed by atoms with E-state index >= 15 is 0 Å². The lowest BCUT2D eigenvalue weighted by molar-refractivity contribution is 0.0935. The second kappa shape index (κ2) is 3.79. The van der Waals surface area contributed by atoms with Gasteiger partial charge in [0.05, 0.1) is 0 Å². The zero-order valence-electron chi connectivity index (χ0n) is 8.04. The van der Waals surface area contributed by atoms with Crippen LogP contribution in [0.4, 0.5) is 0 Å². The number of hydrogen-bond donors (Lipinski definition) is 2. The van der Waals surface area contributed by atoms with Crippen molar-refractivity contribution in [2.45, 2.75) is 19.4 Å². The molecule has 0 aliphatic carbocycles. The van der Waals surface area contributed by atoms with Crippen LogP contribution in [0.15, 0.2) is 10.7 Å². The molecule has 0 aromatic carbocycles. The van der Waals surface area contributed by atoms with Crippen molar-refractivity contribution in [1.29, 1.82) is 0 Å². The molecule has 1 aromatic rings. The summed E-state index contributed by atoms with van der Waals surface area (Å²) >= 11 is 0. The Bertz CT molecular complexity index is 329. The minimum Gasteiger partial charge on any atom is -0.448 e. The van der Waals surface area contributed by atoms with Crippen LogP contribution in [0.1, 0.15) is 22.8 Å². The molecule has 1 fully saturated rings. The lowest BCUT2D eigenvalue weighted by Gasteiger charge is -2.08. The summed E-state index contributed by atoms with van der Waals surface area (Å²) in [4.78, 5) is 15.5. The molecule has 2 heterocycles. The molecule has 5 nitrogen and oxygen atoms in total. The number of amides is 1. The Morgan fingerprint density at radius 2 is 2.64 bits per heavy atom. The van der Waals surface area contributed by atoms with Gasteiger partial charge in [-0.3, -0.25) is 4.79 Å². The standard InChI is InChI=1S/C9H13N3O2/c1-6-11-8(5-14-6)9(13)12-7-2-3-10-4-7/h5,7,10H,2-4H2,1H3,(H,12,13)/t7-/m0/s1. The molecule has 0 unspecified atom stereocenters. The maximum Gasteiger partial charge on any atom is 0.273 e. The topological polar surface area (TPSA) is 67.2 Å². The molecule has 1 saturated heterocycles. The van der Waals surface area contributed by atoms with Crippen molar-refractivity contribution in [3.8, 4) is 0 Å². The molecule has 1 amide bonds. The molecule has 76 valence electrons. The van der Waals surface area contributed by atoms with E-state index in [0.717, 1.165) is 19.5 Å². The van der Waals surface area contributed by atoms with Crippen LogP contribution in [0, 0.1) is 6.92 Å². The van der Waals surface area contributed by atoms with Crippen molar-refractivity contribution in [3.05, 3.63) is 17.8 Å². The summed E-state index contributed by atoms with van der Waals surface area (Å²) in [7, 11) is 0. The number of aryl methyl sites for hydroxylation is 1. The fourth-order valence-electron chi connectivity index (χ4n) is 1.50. The van der Waals surface area contributed by atoms with Crippen molar-refractivity contribution in [1.82, 2.24) is 15.6 Å². The summed E-state index contributed by atoms with van der Waals surface area (Å²) in [6.07, 6.45) is 2.36. The number of oxazole rings is 1. The molecule has 1 atom stereocenters. The molecular weight excluding hydrogens is 182 g/mol. The summed E-state index contributed by atoms with van der Waals surface area (Å²) in [5.74, 6) is 0.357. The molecule has 0 radical (unpaired) electrons. The molecule has 0 spiro atoms. The van der Waals surface area contributed by atoms with Crippen molar-refractivity contribution in [2.75, 3.05) is 13.1 Å².